The molecule has 0 saturated heterocycles. The Kier molecular flexibility index (Phi) is 3.52. The van der Waals surface area contributed by atoms with Crippen LogP contribution in [0.2, 0.25) is 0 Å². The molecular weight excluding hydrogens is 260 g/mol. The van der Waals surface area contributed by atoms with E-state index in [1.54, 1.807) is 0 Å². The maximum absolute atomic E-state index is 11.4. The molecule has 3 rings (SSSR count). The second kappa shape index (κ2) is 5.34. The first-order chi connectivity index (χ1) is 10.0. The SMILES string of the molecule is Cc1ccc(CC(N)c2ccc3c(c2)CC(=O)N3)cc1C. The van der Waals surface area contributed by atoms with E-state index in [0.717, 1.165) is 23.2 Å². The van der Waals surface area contributed by atoms with Crippen LogP contribution in [0.3, 0.4) is 0 Å². The van der Waals surface area contributed by atoms with Crippen molar-refractivity contribution < 1.29 is 4.79 Å². The Hall–Kier alpha value is -2.13. The predicted octanol–water partition coefficient (Wildman–Crippen LogP) is 3.04. The highest BCUT2D eigenvalue weighted by Crippen LogP contribution is 2.27. The molecule has 0 spiro atoms. The number of rotatable bonds is 3. The number of hydrogen-bond donors (Lipinski definition) is 2. The molecule has 0 aliphatic carbocycles. The van der Waals surface area contributed by atoms with E-state index >= 15 is 0 Å². The van der Waals surface area contributed by atoms with E-state index in [-0.39, 0.29) is 11.9 Å². The van der Waals surface area contributed by atoms with Crippen molar-refractivity contribution in [3.63, 3.8) is 0 Å². The van der Waals surface area contributed by atoms with Crippen molar-refractivity contribution in [2.24, 2.45) is 5.73 Å². The highest BCUT2D eigenvalue weighted by atomic mass is 16.1. The van der Waals surface area contributed by atoms with Crippen molar-refractivity contribution in [1.29, 1.82) is 0 Å². The molecule has 3 N–H and O–H groups in total. The van der Waals surface area contributed by atoms with E-state index in [1.165, 1.54) is 16.7 Å². The first-order valence-electron chi connectivity index (χ1n) is 7.27. The summed E-state index contributed by atoms with van der Waals surface area (Å²) in [7, 11) is 0. The van der Waals surface area contributed by atoms with Crippen LogP contribution in [-0.4, -0.2) is 5.91 Å². The van der Waals surface area contributed by atoms with E-state index in [9.17, 15) is 4.79 Å². The zero-order valence-electron chi connectivity index (χ0n) is 12.4. The molecule has 2 aromatic rings. The van der Waals surface area contributed by atoms with E-state index in [0.29, 0.717) is 6.42 Å². The van der Waals surface area contributed by atoms with Crippen LogP contribution in [0.25, 0.3) is 0 Å². The lowest BCUT2D eigenvalue weighted by Crippen LogP contribution is -2.13. The van der Waals surface area contributed by atoms with Crippen LogP contribution in [0.4, 0.5) is 5.69 Å². The summed E-state index contributed by atoms with van der Waals surface area (Å²) in [6, 6.07) is 12.5. The summed E-state index contributed by atoms with van der Waals surface area (Å²) in [5.74, 6) is 0.0601. The molecule has 1 atom stereocenters. The molecule has 108 valence electrons. The monoisotopic (exact) mass is 280 g/mol. The van der Waals surface area contributed by atoms with Gasteiger partial charge in [-0.15, -0.1) is 0 Å². The quantitative estimate of drug-likeness (QED) is 0.908. The van der Waals surface area contributed by atoms with Gasteiger partial charge in [-0.3, -0.25) is 4.79 Å². The van der Waals surface area contributed by atoms with Gasteiger partial charge < -0.3 is 11.1 Å². The van der Waals surface area contributed by atoms with Gasteiger partial charge in [0.2, 0.25) is 5.91 Å². The molecule has 3 nitrogen and oxygen atoms in total. The maximum Gasteiger partial charge on any atom is 0.228 e. The van der Waals surface area contributed by atoms with Crippen LogP contribution in [0.5, 0.6) is 0 Å². The summed E-state index contributed by atoms with van der Waals surface area (Å²) in [4.78, 5) is 11.4. The maximum atomic E-state index is 11.4. The minimum absolute atomic E-state index is 0.0480. The van der Waals surface area contributed by atoms with Crippen molar-refractivity contribution in [3.05, 3.63) is 64.2 Å². The van der Waals surface area contributed by atoms with Crippen molar-refractivity contribution in [2.75, 3.05) is 5.32 Å². The lowest BCUT2D eigenvalue weighted by molar-refractivity contribution is -0.115. The van der Waals surface area contributed by atoms with Crippen LogP contribution < -0.4 is 11.1 Å². The molecule has 3 heteroatoms. The third-order valence-corrected chi connectivity index (χ3v) is 4.21. The number of nitrogens with two attached hydrogens (primary N) is 1. The van der Waals surface area contributed by atoms with Gasteiger partial charge in [-0.25, -0.2) is 0 Å². The van der Waals surface area contributed by atoms with Gasteiger partial charge in [0.1, 0.15) is 0 Å². The summed E-state index contributed by atoms with van der Waals surface area (Å²) in [6.45, 7) is 4.24. The number of fused-ring (bicyclic) bond motifs is 1. The van der Waals surface area contributed by atoms with Gasteiger partial charge in [0.25, 0.3) is 0 Å². The predicted molar refractivity (Wildman–Crippen MR) is 85.3 cm³/mol. The Morgan fingerprint density at radius 2 is 1.95 bits per heavy atom. The van der Waals surface area contributed by atoms with Gasteiger partial charge in [-0.05, 0) is 54.2 Å². The molecule has 1 heterocycles. The molecule has 1 aliphatic rings. The fraction of sp³-hybridized carbons (Fsp3) is 0.278. The minimum Gasteiger partial charge on any atom is -0.326 e. The topological polar surface area (TPSA) is 55.1 Å². The zero-order valence-corrected chi connectivity index (χ0v) is 12.4. The highest BCUT2D eigenvalue weighted by Gasteiger charge is 2.19. The van der Waals surface area contributed by atoms with Crippen molar-refractivity contribution in [3.8, 4) is 0 Å². The molecule has 0 bridgehead atoms. The molecule has 0 saturated carbocycles. The Bertz CT molecular complexity index is 706. The number of benzene rings is 2. The summed E-state index contributed by atoms with van der Waals surface area (Å²) >= 11 is 0. The Labute approximate surface area is 125 Å². The van der Waals surface area contributed by atoms with Crippen molar-refractivity contribution in [1.82, 2.24) is 0 Å². The first-order valence-corrected chi connectivity index (χ1v) is 7.27. The number of carbonyl (C=O) groups excluding carboxylic acids is 1. The van der Waals surface area contributed by atoms with E-state index in [4.69, 9.17) is 5.73 Å². The molecule has 0 radical (unpaired) electrons. The third kappa shape index (κ3) is 2.83. The second-order valence-corrected chi connectivity index (χ2v) is 5.87. The third-order valence-electron chi connectivity index (χ3n) is 4.21. The van der Waals surface area contributed by atoms with Crippen molar-refractivity contribution in [2.45, 2.75) is 32.7 Å². The number of aryl methyl sites for hydroxylation is 2. The molecule has 1 aliphatic heterocycles. The van der Waals surface area contributed by atoms with Crippen LogP contribution in [0.1, 0.15) is 33.9 Å². The Balaban J connectivity index is 1.79. The van der Waals surface area contributed by atoms with Crippen LogP contribution in [0, 0.1) is 13.8 Å². The van der Waals surface area contributed by atoms with E-state index < -0.39 is 0 Å². The summed E-state index contributed by atoms with van der Waals surface area (Å²) < 4.78 is 0. The average molecular weight is 280 g/mol. The zero-order chi connectivity index (χ0) is 15.0. The van der Waals surface area contributed by atoms with Crippen LogP contribution in [0.15, 0.2) is 36.4 Å². The summed E-state index contributed by atoms with van der Waals surface area (Å²) in [6.07, 6.45) is 1.26. The lowest BCUT2D eigenvalue weighted by atomic mass is 9.95. The van der Waals surface area contributed by atoms with Crippen LogP contribution in [-0.2, 0) is 17.6 Å². The van der Waals surface area contributed by atoms with Crippen molar-refractivity contribution >= 4 is 11.6 Å². The minimum atomic E-state index is -0.0480. The standard InChI is InChI=1S/C18H20N2O/c1-11-3-4-13(7-12(11)2)8-16(19)14-5-6-17-15(9-14)10-18(21)20-17/h3-7,9,16H,8,10,19H2,1-2H3,(H,20,21). The average Bonchev–Trinajstić information content (AvgIpc) is 2.82. The lowest BCUT2D eigenvalue weighted by Gasteiger charge is -2.14. The largest absolute Gasteiger partial charge is 0.326 e. The Morgan fingerprint density at radius 3 is 2.71 bits per heavy atom. The van der Waals surface area contributed by atoms with Gasteiger partial charge in [0.15, 0.2) is 0 Å². The van der Waals surface area contributed by atoms with Gasteiger partial charge in [0, 0.05) is 11.7 Å². The van der Waals surface area contributed by atoms with Gasteiger partial charge in [-0.1, -0.05) is 30.3 Å². The number of anilines is 1. The molecule has 2 aromatic carbocycles. The number of nitrogens with one attached hydrogen (secondary N) is 1. The molecule has 1 unspecified atom stereocenters. The highest BCUT2D eigenvalue weighted by molar-refractivity contribution is 5.99. The smallest absolute Gasteiger partial charge is 0.228 e. The van der Waals surface area contributed by atoms with E-state index in [1.807, 2.05) is 12.1 Å². The molecular formula is C18H20N2O. The fourth-order valence-electron chi connectivity index (χ4n) is 2.78. The Morgan fingerprint density at radius 1 is 1.14 bits per heavy atom. The summed E-state index contributed by atoms with van der Waals surface area (Å²) in [5.41, 5.74) is 13.2. The fourth-order valence-corrected chi connectivity index (χ4v) is 2.78. The summed E-state index contributed by atoms with van der Waals surface area (Å²) in [5, 5.41) is 2.85. The van der Waals surface area contributed by atoms with E-state index in [2.05, 4.69) is 43.4 Å². The first kappa shape index (κ1) is 13.8. The normalized spacial score (nSPS) is 14.7. The van der Waals surface area contributed by atoms with Gasteiger partial charge >= 0.3 is 0 Å². The number of amides is 1. The molecule has 1 amide bonds. The van der Waals surface area contributed by atoms with Gasteiger partial charge in [-0.2, -0.15) is 0 Å². The van der Waals surface area contributed by atoms with Crippen LogP contribution >= 0.6 is 0 Å². The number of hydrogen-bond acceptors (Lipinski definition) is 2. The molecule has 21 heavy (non-hydrogen) atoms. The second-order valence-electron chi connectivity index (χ2n) is 5.87. The molecule has 0 aromatic heterocycles. The number of carbonyl (C=O) groups is 1. The van der Waals surface area contributed by atoms with Gasteiger partial charge in [0.05, 0.1) is 6.42 Å². The molecule has 0 fully saturated rings.